The van der Waals surface area contributed by atoms with Crippen molar-refractivity contribution in [1.82, 2.24) is 0 Å². The molecule has 1 aromatic carbocycles. The molecular formula is C14H21FN2O. The number of carbonyl (C=O) groups is 1. The van der Waals surface area contributed by atoms with Gasteiger partial charge in [-0.15, -0.1) is 0 Å². The fourth-order valence-corrected chi connectivity index (χ4v) is 1.88. The molecule has 1 atom stereocenters. The number of primary amides is 1. The van der Waals surface area contributed by atoms with E-state index in [9.17, 15) is 9.18 Å². The van der Waals surface area contributed by atoms with E-state index in [1.54, 1.807) is 13.0 Å². The summed E-state index contributed by atoms with van der Waals surface area (Å²) in [6.07, 6.45) is 2.24. The standard InChI is InChI=1S/C14H21FN2O/c1-4-5-9(2)8-17-13-7-11(14(16)18)6-12(15)10(13)3/h6-7,9,17H,4-5,8H2,1-3H3,(H2,16,18). The normalized spacial score (nSPS) is 12.2. The molecule has 0 aliphatic heterocycles. The van der Waals surface area contributed by atoms with E-state index >= 15 is 0 Å². The Morgan fingerprint density at radius 1 is 1.50 bits per heavy atom. The Hall–Kier alpha value is -1.58. The number of nitrogens with one attached hydrogen (secondary N) is 1. The molecule has 0 aliphatic rings. The monoisotopic (exact) mass is 252 g/mol. The summed E-state index contributed by atoms with van der Waals surface area (Å²) >= 11 is 0. The van der Waals surface area contributed by atoms with Crippen LogP contribution in [0, 0.1) is 18.7 Å². The van der Waals surface area contributed by atoms with Gasteiger partial charge < -0.3 is 11.1 Å². The molecule has 18 heavy (non-hydrogen) atoms. The van der Waals surface area contributed by atoms with E-state index in [-0.39, 0.29) is 5.56 Å². The van der Waals surface area contributed by atoms with Gasteiger partial charge >= 0.3 is 0 Å². The van der Waals surface area contributed by atoms with E-state index in [1.165, 1.54) is 6.07 Å². The maximum atomic E-state index is 13.6. The lowest BCUT2D eigenvalue weighted by Gasteiger charge is -2.15. The molecule has 1 aromatic rings. The number of benzene rings is 1. The summed E-state index contributed by atoms with van der Waals surface area (Å²) in [5.41, 5.74) is 6.53. The van der Waals surface area contributed by atoms with Crippen LogP contribution in [0.25, 0.3) is 0 Å². The van der Waals surface area contributed by atoms with Crippen molar-refractivity contribution in [3.63, 3.8) is 0 Å². The number of anilines is 1. The van der Waals surface area contributed by atoms with Crippen molar-refractivity contribution in [3.05, 3.63) is 29.1 Å². The molecule has 0 aliphatic carbocycles. The van der Waals surface area contributed by atoms with Crippen molar-refractivity contribution < 1.29 is 9.18 Å². The van der Waals surface area contributed by atoms with E-state index < -0.39 is 11.7 Å². The van der Waals surface area contributed by atoms with Crippen molar-refractivity contribution in [3.8, 4) is 0 Å². The first kappa shape index (κ1) is 14.5. The average Bonchev–Trinajstić information content (AvgIpc) is 2.31. The van der Waals surface area contributed by atoms with Gasteiger partial charge in [-0.25, -0.2) is 4.39 Å². The third-order valence-corrected chi connectivity index (χ3v) is 3.05. The largest absolute Gasteiger partial charge is 0.384 e. The molecule has 0 heterocycles. The second-order valence-electron chi connectivity index (χ2n) is 4.77. The first-order valence-electron chi connectivity index (χ1n) is 6.29. The third kappa shape index (κ3) is 3.72. The Balaban J connectivity index is 2.84. The summed E-state index contributed by atoms with van der Waals surface area (Å²) in [4.78, 5) is 11.1. The van der Waals surface area contributed by atoms with Crippen LogP contribution in [-0.2, 0) is 0 Å². The lowest BCUT2D eigenvalue weighted by Crippen LogP contribution is -2.15. The molecule has 0 fully saturated rings. The molecule has 3 nitrogen and oxygen atoms in total. The minimum absolute atomic E-state index is 0.198. The Labute approximate surface area is 108 Å². The molecule has 0 aromatic heterocycles. The van der Waals surface area contributed by atoms with Crippen molar-refractivity contribution in [2.75, 3.05) is 11.9 Å². The minimum Gasteiger partial charge on any atom is -0.384 e. The molecule has 0 saturated carbocycles. The number of hydrogen-bond acceptors (Lipinski definition) is 2. The molecule has 0 radical (unpaired) electrons. The van der Waals surface area contributed by atoms with Crippen LogP contribution in [0.1, 0.15) is 42.6 Å². The third-order valence-electron chi connectivity index (χ3n) is 3.05. The van der Waals surface area contributed by atoms with Gasteiger partial charge in [0.2, 0.25) is 5.91 Å². The SMILES string of the molecule is CCCC(C)CNc1cc(C(N)=O)cc(F)c1C. The topological polar surface area (TPSA) is 55.1 Å². The molecule has 4 heteroatoms. The lowest BCUT2D eigenvalue weighted by atomic mass is 10.0. The van der Waals surface area contributed by atoms with E-state index in [0.717, 1.165) is 19.4 Å². The predicted octanol–water partition coefficient (Wildman–Crippen LogP) is 3.08. The molecule has 1 amide bonds. The molecular weight excluding hydrogens is 231 g/mol. The Morgan fingerprint density at radius 3 is 2.72 bits per heavy atom. The first-order valence-corrected chi connectivity index (χ1v) is 6.29. The summed E-state index contributed by atoms with van der Waals surface area (Å²) in [7, 11) is 0. The first-order chi connectivity index (χ1) is 8.45. The number of halogens is 1. The maximum absolute atomic E-state index is 13.6. The zero-order valence-corrected chi connectivity index (χ0v) is 11.2. The summed E-state index contributed by atoms with van der Waals surface area (Å²) in [5, 5.41) is 3.19. The number of carbonyl (C=O) groups excluding carboxylic acids is 1. The van der Waals surface area contributed by atoms with Crippen LogP contribution < -0.4 is 11.1 Å². The molecule has 1 unspecified atom stereocenters. The highest BCUT2D eigenvalue weighted by molar-refractivity contribution is 5.94. The second kappa shape index (κ2) is 6.38. The fourth-order valence-electron chi connectivity index (χ4n) is 1.88. The maximum Gasteiger partial charge on any atom is 0.248 e. The molecule has 3 N–H and O–H groups in total. The van der Waals surface area contributed by atoms with Crippen LogP contribution >= 0.6 is 0 Å². The van der Waals surface area contributed by atoms with Gasteiger partial charge in [-0.1, -0.05) is 20.3 Å². The van der Waals surface area contributed by atoms with Gasteiger partial charge in [-0.2, -0.15) is 0 Å². The van der Waals surface area contributed by atoms with Crippen LogP contribution in [0.4, 0.5) is 10.1 Å². The van der Waals surface area contributed by atoms with E-state index in [2.05, 4.69) is 19.2 Å². The number of rotatable bonds is 6. The van der Waals surface area contributed by atoms with Crippen molar-refractivity contribution in [2.24, 2.45) is 11.7 Å². The van der Waals surface area contributed by atoms with Crippen LogP contribution in [0.3, 0.4) is 0 Å². The summed E-state index contributed by atoms with van der Waals surface area (Å²) < 4.78 is 13.6. The number of hydrogen-bond donors (Lipinski definition) is 2. The van der Waals surface area contributed by atoms with E-state index in [4.69, 9.17) is 5.73 Å². The van der Waals surface area contributed by atoms with Gasteiger partial charge in [0, 0.05) is 23.4 Å². The van der Waals surface area contributed by atoms with Crippen molar-refractivity contribution >= 4 is 11.6 Å². The molecule has 100 valence electrons. The molecule has 0 saturated heterocycles. The summed E-state index contributed by atoms with van der Waals surface area (Å²) in [5.74, 6) is -0.509. The second-order valence-corrected chi connectivity index (χ2v) is 4.77. The highest BCUT2D eigenvalue weighted by atomic mass is 19.1. The van der Waals surface area contributed by atoms with Gasteiger partial charge in [-0.3, -0.25) is 4.79 Å². The number of amides is 1. The number of nitrogens with two attached hydrogens (primary N) is 1. The molecule has 0 bridgehead atoms. The fraction of sp³-hybridized carbons (Fsp3) is 0.500. The van der Waals surface area contributed by atoms with Crippen molar-refractivity contribution in [1.29, 1.82) is 0 Å². The molecule has 1 rings (SSSR count). The minimum atomic E-state index is -0.612. The van der Waals surface area contributed by atoms with Gasteiger partial charge in [0.05, 0.1) is 0 Å². The average molecular weight is 252 g/mol. The van der Waals surface area contributed by atoms with Crippen LogP contribution in [-0.4, -0.2) is 12.5 Å². The van der Waals surface area contributed by atoms with Crippen LogP contribution in [0.15, 0.2) is 12.1 Å². The van der Waals surface area contributed by atoms with Gasteiger partial charge in [0.1, 0.15) is 5.82 Å². The lowest BCUT2D eigenvalue weighted by molar-refractivity contribution is 0.1000. The van der Waals surface area contributed by atoms with E-state index in [0.29, 0.717) is 17.2 Å². The van der Waals surface area contributed by atoms with Crippen LogP contribution in [0.5, 0.6) is 0 Å². The highest BCUT2D eigenvalue weighted by Gasteiger charge is 2.11. The Bertz CT molecular complexity index is 432. The quantitative estimate of drug-likeness (QED) is 0.817. The smallest absolute Gasteiger partial charge is 0.248 e. The van der Waals surface area contributed by atoms with Gasteiger partial charge in [-0.05, 0) is 31.4 Å². The Morgan fingerprint density at radius 2 is 2.17 bits per heavy atom. The zero-order chi connectivity index (χ0) is 13.7. The highest BCUT2D eigenvalue weighted by Crippen LogP contribution is 2.21. The summed E-state index contributed by atoms with van der Waals surface area (Å²) in [6.45, 7) is 6.72. The van der Waals surface area contributed by atoms with Crippen LogP contribution in [0.2, 0.25) is 0 Å². The zero-order valence-electron chi connectivity index (χ0n) is 11.2. The molecule has 0 spiro atoms. The summed E-state index contributed by atoms with van der Waals surface area (Å²) in [6, 6.07) is 2.79. The Kier molecular flexibility index (Phi) is 5.13. The predicted molar refractivity (Wildman–Crippen MR) is 72.2 cm³/mol. The van der Waals surface area contributed by atoms with Gasteiger partial charge in [0.15, 0.2) is 0 Å². The van der Waals surface area contributed by atoms with Gasteiger partial charge in [0.25, 0.3) is 0 Å². The van der Waals surface area contributed by atoms with E-state index in [1.807, 2.05) is 0 Å². The van der Waals surface area contributed by atoms with Crippen molar-refractivity contribution in [2.45, 2.75) is 33.6 Å².